The fraction of sp³-hybridized carbons (Fsp3) is 0.588. The van der Waals surface area contributed by atoms with Gasteiger partial charge in [-0.15, -0.1) is 0 Å². The van der Waals surface area contributed by atoms with Crippen molar-refractivity contribution in [1.82, 2.24) is 10.6 Å². The Hall–Kier alpha value is -1.39. The van der Waals surface area contributed by atoms with Gasteiger partial charge >= 0.3 is 0 Å². The molecule has 2 atom stereocenters. The van der Waals surface area contributed by atoms with Crippen LogP contribution < -0.4 is 10.6 Å². The molecule has 2 heterocycles. The second-order valence-corrected chi connectivity index (χ2v) is 5.90. The highest BCUT2D eigenvalue weighted by Gasteiger charge is 2.23. The van der Waals surface area contributed by atoms with Crippen LogP contribution in [0.25, 0.3) is 0 Å². The molecule has 21 heavy (non-hydrogen) atoms. The van der Waals surface area contributed by atoms with Crippen LogP contribution in [0.1, 0.15) is 53.7 Å². The molecule has 1 aromatic carbocycles. The van der Waals surface area contributed by atoms with Crippen molar-refractivity contribution in [3.63, 3.8) is 0 Å². The van der Waals surface area contributed by atoms with Gasteiger partial charge in [-0.3, -0.25) is 4.79 Å². The van der Waals surface area contributed by atoms with E-state index in [1.165, 1.54) is 5.56 Å². The first-order chi connectivity index (χ1) is 10.3. The van der Waals surface area contributed by atoms with Gasteiger partial charge in [0.05, 0.1) is 6.10 Å². The zero-order valence-corrected chi connectivity index (χ0v) is 12.7. The number of fused-ring (bicyclic) bond motifs is 1. The van der Waals surface area contributed by atoms with Crippen molar-refractivity contribution in [3.8, 4) is 0 Å². The van der Waals surface area contributed by atoms with E-state index >= 15 is 0 Å². The SMILES string of the molecule is CCNC(CC1CCCO1)c1ccc2c(c1)C(=O)NCC2. The van der Waals surface area contributed by atoms with Gasteiger partial charge in [0.15, 0.2) is 0 Å². The van der Waals surface area contributed by atoms with Crippen LogP contribution in [0.5, 0.6) is 0 Å². The second-order valence-electron chi connectivity index (χ2n) is 5.90. The van der Waals surface area contributed by atoms with Crippen molar-refractivity contribution in [2.45, 2.75) is 44.8 Å². The highest BCUT2D eigenvalue weighted by atomic mass is 16.5. The molecule has 2 aliphatic rings. The summed E-state index contributed by atoms with van der Waals surface area (Å²) in [5.41, 5.74) is 3.20. The predicted molar refractivity (Wildman–Crippen MR) is 82.5 cm³/mol. The van der Waals surface area contributed by atoms with E-state index in [1.807, 2.05) is 0 Å². The van der Waals surface area contributed by atoms with Crippen LogP contribution in [0.15, 0.2) is 18.2 Å². The van der Waals surface area contributed by atoms with Crippen molar-refractivity contribution in [1.29, 1.82) is 0 Å². The zero-order chi connectivity index (χ0) is 14.7. The van der Waals surface area contributed by atoms with E-state index in [9.17, 15) is 4.79 Å². The Labute approximate surface area is 126 Å². The van der Waals surface area contributed by atoms with Gasteiger partial charge in [-0.05, 0) is 49.4 Å². The molecule has 0 saturated carbocycles. The molecule has 1 saturated heterocycles. The molecule has 0 aromatic heterocycles. The van der Waals surface area contributed by atoms with E-state index in [1.54, 1.807) is 0 Å². The topological polar surface area (TPSA) is 50.4 Å². The summed E-state index contributed by atoms with van der Waals surface area (Å²) < 4.78 is 5.77. The maximum atomic E-state index is 12.0. The summed E-state index contributed by atoms with van der Waals surface area (Å²) >= 11 is 0. The molecule has 0 radical (unpaired) electrons. The number of benzene rings is 1. The Morgan fingerprint density at radius 2 is 2.38 bits per heavy atom. The summed E-state index contributed by atoms with van der Waals surface area (Å²) in [6.07, 6.45) is 4.57. The quantitative estimate of drug-likeness (QED) is 0.873. The molecular weight excluding hydrogens is 264 g/mol. The predicted octanol–water partition coefficient (Wildman–Crippen LogP) is 2.19. The van der Waals surface area contributed by atoms with Gasteiger partial charge in [0.2, 0.25) is 0 Å². The third-order valence-corrected chi connectivity index (χ3v) is 4.43. The molecular formula is C17H24N2O2. The number of nitrogens with one attached hydrogen (secondary N) is 2. The number of rotatable bonds is 5. The van der Waals surface area contributed by atoms with E-state index < -0.39 is 0 Å². The monoisotopic (exact) mass is 288 g/mol. The fourth-order valence-corrected chi connectivity index (χ4v) is 3.32. The van der Waals surface area contributed by atoms with Crippen LogP contribution in [-0.2, 0) is 11.2 Å². The van der Waals surface area contributed by atoms with Crippen molar-refractivity contribution >= 4 is 5.91 Å². The summed E-state index contributed by atoms with van der Waals surface area (Å²) in [6.45, 7) is 4.67. The summed E-state index contributed by atoms with van der Waals surface area (Å²) in [6, 6.07) is 6.60. The lowest BCUT2D eigenvalue weighted by Gasteiger charge is -2.24. The maximum absolute atomic E-state index is 12.0. The number of carbonyl (C=O) groups excluding carboxylic acids is 1. The lowest BCUT2D eigenvalue weighted by Crippen LogP contribution is -2.32. The first-order valence-corrected chi connectivity index (χ1v) is 8.04. The van der Waals surface area contributed by atoms with Crippen molar-refractivity contribution < 1.29 is 9.53 Å². The number of hydrogen-bond acceptors (Lipinski definition) is 3. The van der Waals surface area contributed by atoms with E-state index in [2.05, 4.69) is 35.8 Å². The van der Waals surface area contributed by atoms with Crippen LogP contribution in [-0.4, -0.2) is 31.7 Å². The number of hydrogen-bond donors (Lipinski definition) is 2. The molecule has 0 spiro atoms. The van der Waals surface area contributed by atoms with Gasteiger partial charge in [0, 0.05) is 24.8 Å². The minimum absolute atomic E-state index is 0.0606. The molecule has 1 aromatic rings. The average molecular weight is 288 g/mol. The minimum atomic E-state index is 0.0606. The molecule has 0 aliphatic carbocycles. The molecule has 0 bridgehead atoms. The zero-order valence-electron chi connectivity index (χ0n) is 12.7. The van der Waals surface area contributed by atoms with E-state index in [-0.39, 0.29) is 11.9 Å². The van der Waals surface area contributed by atoms with Gasteiger partial charge in [0.1, 0.15) is 0 Å². The van der Waals surface area contributed by atoms with Crippen LogP contribution >= 0.6 is 0 Å². The van der Waals surface area contributed by atoms with Gasteiger partial charge in [0.25, 0.3) is 5.91 Å². The summed E-state index contributed by atoms with van der Waals surface area (Å²) in [5, 5.41) is 6.46. The van der Waals surface area contributed by atoms with E-state index in [0.29, 0.717) is 6.10 Å². The van der Waals surface area contributed by atoms with Crippen LogP contribution in [0.2, 0.25) is 0 Å². The Morgan fingerprint density at radius 3 is 3.14 bits per heavy atom. The van der Waals surface area contributed by atoms with Gasteiger partial charge in [-0.2, -0.15) is 0 Å². The minimum Gasteiger partial charge on any atom is -0.378 e. The summed E-state index contributed by atoms with van der Waals surface area (Å²) in [7, 11) is 0. The molecule has 3 rings (SSSR count). The van der Waals surface area contributed by atoms with Crippen molar-refractivity contribution in [2.24, 2.45) is 0 Å². The van der Waals surface area contributed by atoms with Crippen LogP contribution in [0.3, 0.4) is 0 Å². The van der Waals surface area contributed by atoms with E-state index in [0.717, 1.165) is 56.5 Å². The van der Waals surface area contributed by atoms with Crippen molar-refractivity contribution in [2.75, 3.05) is 19.7 Å². The van der Waals surface area contributed by atoms with E-state index in [4.69, 9.17) is 4.74 Å². The maximum Gasteiger partial charge on any atom is 0.251 e. The van der Waals surface area contributed by atoms with Gasteiger partial charge in [-0.25, -0.2) is 0 Å². The summed E-state index contributed by atoms with van der Waals surface area (Å²) in [4.78, 5) is 12.0. The largest absolute Gasteiger partial charge is 0.378 e. The number of ether oxygens (including phenoxy) is 1. The molecule has 2 unspecified atom stereocenters. The van der Waals surface area contributed by atoms with Crippen molar-refractivity contribution in [3.05, 3.63) is 34.9 Å². The number of carbonyl (C=O) groups is 1. The lowest BCUT2D eigenvalue weighted by molar-refractivity contribution is 0.0943. The molecule has 2 N–H and O–H groups in total. The Balaban J connectivity index is 1.81. The lowest BCUT2D eigenvalue weighted by atomic mass is 9.92. The van der Waals surface area contributed by atoms with Gasteiger partial charge in [-0.1, -0.05) is 19.1 Å². The van der Waals surface area contributed by atoms with Crippen LogP contribution in [0, 0.1) is 0 Å². The standard InChI is InChI=1S/C17H24N2O2/c1-2-18-16(11-14-4-3-9-21-14)13-6-5-12-7-8-19-17(20)15(12)10-13/h5-6,10,14,16,18H,2-4,7-9,11H2,1H3,(H,19,20). The molecule has 1 amide bonds. The molecule has 1 fully saturated rings. The first kappa shape index (κ1) is 14.5. The molecule has 4 heteroatoms. The second kappa shape index (κ2) is 6.58. The third-order valence-electron chi connectivity index (χ3n) is 4.43. The molecule has 4 nitrogen and oxygen atoms in total. The highest BCUT2D eigenvalue weighted by molar-refractivity contribution is 5.96. The molecule has 114 valence electrons. The Kier molecular flexibility index (Phi) is 4.56. The normalized spacial score (nSPS) is 22.7. The first-order valence-electron chi connectivity index (χ1n) is 8.04. The number of amides is 1. The Bertz CT molecular complexity index is 510. The smallest absolute Gasteiger partial charge is 0.251 e. The molecule has 2 aliphatic heterocycles. The van der Waals surface area contributed by atoms with Gasteiger partial charge < -0.3 is 15.4 Å². The third kappa shape index (κ3) is 3.27. The highest BCUT2D eigenvalue weighted by Crippen LogP contribution is 2.27. The average Bonchev–Trinajstić information content (AvgIpc) is 3.00. The summed E-state index contributed by atoms with van der Waals surface area (Å²) in [5.74, 6) is 0.0606. The Morgan fingerprint density at radius 1 is 1.48 bits per heavy atom. The van der Waals surface area contributed by atoms with Crippen LogP contribution in [0.4, 0.5) is 0 Å². The fourth-order valence-electron chi connectivity index (χ4n) is 3.32.